The molecule has 1 fully saturated rings. The van der Waals surface area contributed by atoms with Crippen molar-refractivity contribution in [3.63, 3.8) is 0 Å². The third-order valence-electron chi connectivity index (χ3n) is 8.19. The van der Waals surface area contributed by atoms with E-state index in [1.54, 1.807) is 11.1 Å². The van der Waals surface area contributed by atoms with Gasteiger partial charge >= 0.3 is 0 Å². The van der Waals surface area contributed by atoms with E-state index in [1.165, 1.54) is 71.4 Å². The Hall–Kier alpha value is -2.36. The van der Waals surface area contributed by atoms with E-state index in [9.17, 15) is 0 Å². The van der Waals surface area contributed by atoms with Gasteiger partial charge in [-0.3, -0.25) is 0 Å². The molecule has 4 aromatic rings. The first-order chi connectivity index (χ1) is 17.5. The normalized spacial score (nSPS) is 18.6. The zero-order chi connectivity index (χ0) is 24.8. The molecule has 1 nitrogen and oxygen atoms in total. The molecule has 0 aliphatic heterocycles. The van der Waals surface area contributed by atoms with Crippen molar-refractivity contribution in [1.82, 2.24) is 0 Å². The fourth-order valence-corrected chi connectivity index (χ4v) is 7.30. The van der Waals surface area contributed by atoms with Gasteiger partial charge in [-0.25, -0.2) is 0 Å². The third-order valence-corrected chi connectivity index (χ3v) is 9.18. The van der Waals surface area contributed by atoms with Gasteiger partial charge in [0.15, 0.2) is 0 Å². The van der Waals surface area contributed by atoms with Crippen LogP contribution in [-0.4, -0.2) is 0 Å². The van der Waals surface area contributed by atoms with Crippen LogP contribution in [0.25, 0.3) is 11.1 Å². The molecular formula is C33H31Br2N. The van der Waals surface area contributed by atoms with E-state index in [4.69, 9.17) is 0 Å². The van der Waals surface area contributed by atoms with Gasteiger partial charge in [0, 0.05) is 26.0 Å². The number of anilines is 3. The van der Waals surface area contributed by atoms with Crippen LogP contribution >= 0.6 is 31.9 Å². The molecule has 7 rings (SSSR count). The van der Waals surface area contributed by atoms with Crippen LogP contribution in [0.3, 0.4) is 0 Å². The lowest BCUT2D eigenvalue weighted by Crippen LogP contribution is -2.12. The van der Waals surface area contributed by atoms with Crippen molar-refractivity contribution in [2.24, 2.45) is 0 Å². The summed E-state index contributed by atoms with van der Waals surface area (Å²) < 4.78 is 2.20. The zero-order valence-corrected chi connectivity index (χ0v) is 24.1. The molecule has 0 aromatic heterocycles. The topological polar surface area (TPSA) is 3.24 Å². The lowest BCUT2D eigenvalue weighted by molar-refractivity contribution is 0.527. The quantitative estimate of drug-likeness (QED) is 0.225. The van der Waals surface area contributed by atoms with Crippen molar-refractivity contribution in [2.75, 3.05) is 4.90 Å². The number of halogens is 2. The van der Waals surface area contributed by atoms with E-state index < -0.39 is 0 Å². The predicted octanol–water partition coefficient (Wildman–Crippen LogP) is 11.1. The summed E-state index contributed by atoms with van der Waals surface area (Å²) in [5.74, 6) is 1.54. The Morgan fingerprint density at radius 1 is 0.583 bits per heavy atom. The molecule has 3 heteroatoms. The van der Waals surface area contributed by atoms with Crippen LogP contribution in [0.15, 0.2) is 87.8 Å². The van der Waals surface area contributed by atoms with E-state index in [0.29, 0.717) is 0 Å². The maximum absolute atomic E-state index is 3.64. The van der Waals surface area contributed by atoms with Gasteiger partial charge in [0.2, 0.25) is 0 Å². The minimum Gasteiger partial charge on any atom is -0.310 e. The zero-order valence-electron chi connectivity index (χ0n) is 20.9. The second kappa shape index (κ2) is 9.84. The smallest absolute Gasteiger partial charge is 0.0491 e. The Morgan fingerprint density at radius 3 is 1.72 bits per heavy atom. The average molecular weight is 601 g/mol. The lowest BCUT2D eigenvalue weighted by atomic mass is 9.77. The van der Waals surface area contributed by atoms with E-state index >= 15 is 0 Å². The monoisotopic (exact) mass is 599 g/mol. The number of fused-ring (bicyclic) bond motifs is 3. The molecule has 0 saturated heterocycles. The minimum absolute atomic E-state index is 0.759. The summed E-state index contributed by atoms with van der Waals surface area (Å²) >= 11 is 7.27. The van der Waals surface area contributed by atoms with Crippen LogP contribution in [0.1, 0.15) is 66.2 Å². The number of hydrogen-bond acceptors (Lipinski definition) is 1. The van der Waals surface area contributed by atoms with Gasteiger partial charge in [0.05, 0.1) is 0 Å². The van der Waals surface area contributed by atoms with Crippen molar-refractivity contribution >= 4 is 48.9 Å². The fraction of sp³-hybridized carbons (Fsp3) is 0.273. The van der Waals surface area contributed by atoms with Gasteiger partial charge in [-0.05, 0) is 133 Å². The van der Waals surface area contributed by atoms with E-state index in [-0.39, 0.29) is 0 Å². The predicted molar refractivity (Wildman–Crippen MR) is 160 cm³/mol. The largest absolute Gasteiger partial charge is 0.310 e. The van der Waals surface area contributed by atoms with E-state index in [0.717, 1.165) is 20.8 Å². The molecule has 2 bridgehead atoms. The van der Waals surface area contributed by atoms with E-state index in [2.05, 4.69) is 129 Å². The first-order valence-electron chi connectivity index (χ1n) is 13.0. The van der Waals surface area contributed by atoms with Crippen molar-refractivity contribution in [1.29, 1.82) is 0 Å². The van der Waals surface area contributed by atoms with Gasteiger partial charge in [0.25, 0.3) is 0 Å². The molecule has 2 unspecified atom stereocenters. The number of aryl methyl sites for hydroxylation is 2. The van der Waals surface area contributed by atoms with Gasteiger partial charge in [0.1, 0.15) is 0 Å². The highest BCUT2D eigenvalue weighted by Crippen LogP contribution is 2.48. The molecule has 2 atom stereocenters. The van der Waals surface area contributed by atoms with Crippen LogP contribution in [0.4, 0.5) is 17.1 Å². The van der Waals surface area contributed by atoms with Crippen molar-refractivity contribution in [3.8, 4) is 11.1 Å². The Morgan fingerprint density at radius 2 is 1.14 bits per heavy atom. The number of nitrogens with zero attached hydrogens (tertiary/aromatic N) is 1. The highest BCUT2D eigenvalue weighted by atomic mass is 79.9. The summed E-state index contributed by atoms with van der Waals surface area (Å²) in [7, 11) is 0. The second-order valence-corrected chi connectivity index (χ2v) is 12.3. The van der Waals surface area contributed by atoms with Crippen molar-refractivity contribution in [2.45, 2.75) is 57.8 Å². The first kappa shape index (κ1) is 24.0. The van der Waals surface area contributed by atoms with Gasteiger partial charge in [-0.15, -0.1) is 0 Å². The Labute approximate surface area is 231 Å². The molecule has 3 aliphatic carbocycles. The maximum Gasteiger partial charge on any atom is 0.0491 e. The summed E-state index contributed by atoms with van der Waals surface area (Å²) in [6.07, 6.45) is 6.87. The fourth-order valence-electron chi connectivity index (χ4n) is 6.35. The Balaban J connectivity index is 1.40. The van der Waals surface area contributed by atoms with Gasteiger partial charge in [-0.2, -0.15) is 0 Å². The Kier molecular flexibility index (Phi) is 6.56. The highest BCUT2D eigenvalue weighted by Gasteiger charge is 2.30. The van der Waals surface area contributed by atoms with Gasteiger partial charge < -0.3 is 4.90 Å². The molecule has 182 valence electrons. The third kappa shape index (κ3) is 4.46. The average Bonchev–Trinajstić information content (AvgIpc) is 3.22. The van der Waals surface area contributed by atoms with Crippen LogP contribution in [0.2, 0.25) is 0 Å². The maximum atomic E-state index is 3.64. The lowest BCUT2D eigenvalue weighted by Gasteiger charge is -2.29. The van der Waals surface area contributed by atoms with Gasteiger partial charge in [-0.1, -0.05) is 68.6 Å². The highest BCUT2D eigenvalue weighted by molar-refractivity contribution is 9.10. The first-order valence-corrected chi connectivity index (χ1v) is 14.6. The van der Waals surface area contributed by atoms with Crippen LogP contribution in [0.5, 0.6) is 0 Å². The van der Waals surface area contributed by atoms with E-state index in [1.807, 2.05) is 0 Å². The summed E-state index contributed by atoms with van der Waals surface area (Å²) in [5.41, 5.74) is 11.9. The SMILES string of the molecule is Cc1cc(Br)ccc1N(c1ccc(-c2ccc3c(c2)C2CCCC3CC2)cc1)c1ccc(Br)cc1C. The van der Waals surface area contributed by atoms with Crippen LogP contribution in [-0.2, 0) is 0 Å². The number of rotatable bonds is 4. The minimum atomic E-state index is 0.759. The molecule has 3 aliphatic rings. The second-order valence-electron chi connectivity index (χ2n) is 10.5. The standard InChI is InChI=1S/C33H31Br2N/c1-21-18-27(34)11-16-32(21)36(33-17-12-28(35)19-22(33)2)29-13-8-23(9-14-29)26-10-15-30-24-4-3-5-25(7-6-24)31(30)20-26/h8-20,24-25H,3-7H2,1-2H3. The summed E-state index contributed by atoms with van der Waals surface area (Å²) in [6.45, 7) is 4.36. The summed E-state index contributed by atoms with van der Waals surface area (Å²) in [6, 6.07) is 29.5. The van der Waals surface area contributed by atoms with Crippen LogP contribution in [0, 0.1) is 13.8 Å². The van der Waals surface area contributed by atoms with Crippen LogP contribution < -0.4 is 4.90 Å². The molecule has 0 amide bonds. The van der Waals surface area contributed by atoms with Crippen molar-refractivity contribution < 1.29 is 0 Å². The molecule has 36 heavy (non-hydrogen) atoms. The molecule has 0 N–H and O–H groups in total. The molecule has 4 aromatic carbocycles. The molecular weight excluding hydrogens is 570 g/mol. The molecule has 0 spiro atoms. The number of hydrogen-bond donors (Lipinski definition) is 0. The number of benzene rings is 4. The van der Waals surface area contributed by atoms with Crippen molar-refractivity contribution in [3.05, 3.63) is 110 Å². The molecule has 1 saturated carbocycles. The Bertz CT molecular complexity index is 1370. The summed E-state index contributed by atoms with van der Waals surface area (Å²) in [5, 5.41) is 0. The summed E-state index contributed by atoms with van der Waals surface area (Å²) in [4.78, 5) is 2.38. The molecule has 0 heterocycles. The molecule has 0 radical (unpaired) electrons.